The van der Waals surface area contributed by atoms with E-state index >= 15 is 0 Å². The lowest BCUT2D eigenvalue weighted by Gasteiger charge is -2.15. The van der Waals surface area contributed by atoms with Crippen LogP contribution in [0.4, 0.5) is 5.13 Å². The van der Waals surface area contributed by atoms with Crippen molar-refractivity contribution in [2.45, 2.75) is 18.8 Å². The maximum Gasteiger partial charge on any atom is 0.239 e. The van der Waals surface area contributed by atoms with E-state index in [2.05, 4.69) is 56.2 Å². The molecule has 2 aromatic heterocycles. The SMILES string of the molecule is O=C(CCN1CCC(c2c[nH]c3ccccc23)C1)NNc1nccs1. The van der Waals surface area contributed by atoms with Crippen LogP contribution in [-0.2, 0) is 4.79 Å². The van der Waals surface area contributed by atoms with Crippen molar-refractivity contribution in [1.82, 2.24) is 20.3 Å². The third kappa shape index (κ3) is 3.67. The number of aromatic amines is 1. The van der Waals surface area contributed by atoms with Gasteiger partial charge in [-0.3, -0.25) is 15.6 Å². The van der Waals surface area contributed by atoms with Gasteiger partial charge in [-0.05, 0) is 30.5 Å². The molecule has 1 saturated heterocycles. The number of thiazole rings is 1. The Kier molecular flexibility index (Phi) is 4.67. The number of hydrogen-bond donors (Lipinski definition) is 3. The topological polar surface area (TPSA) is 73.1 Å². The Hall–Kier alpha value is -2.38. The second-order valence-electron chi connectivity index (χ2n) is 6.34. The van der Waals surface area contributed by atoms with Crippen molar-refractivity contribution in [3.8, 4) is 0 Å². The number of para-hydroxylation sites is 1. The van der Waals surface area contributed by atoms with Crippen molar-refractivity contribution >= 4 is 33.3 Å². The molecule has 1 unspecified atom stereocenters. The fourth-order valence-electron chi connectivity index (χ4n) is 3.45. The molecule has 1 amide bonds. The Morgan fingerprint density at radius 2 is 2.32 bits per heavy atom. The summed E-state index contributed by atoms with van der Waals surface area (Å²) in [5.74, 6) is 0.526. The Bertz CT molecular complexity index is 844. The first kappa shape index (κ1) is 16.1. The molecule has 0 saturated carbocycles. The highest BCUT2D eigenvalue weighted by Gasteiger charge is 2.25. The average molecular weight is 355 g/mol. The molecule has 7 heteroatoms. The molecule has 0 bridgehead atoms. The standard InChI is InChI=1S/C18H21N5OS/c24-17(21-22-18-19-7-10-25-18)6-9-23-8-5-13(12-23)15-11-20-16-4-2-1-3-14(15)16/h1-4,7,10-11,13,20H,5-6,8-9,12H2,(H,19,22)(H,21,24). The lowest BCUT2D eigenvalue weighted by Crippen LogP contribution is -2.33. The van der Waals surface area contributed by atoms with Gasteiger partial charge >= 0.3 is 0 Å². The van der Waals surface area contributed by atoms with Gasteiger partial charge in [-0.25, -0.2) is 4.98 Å². The first-order chi connectivity index (χ1) is 12.3. The lowest BCUT2D eigenvalue weighted by molar-refractivity contribution is -0.120. The lowest BCUT2D eigenvalue weighted by atomic mass is 9.98. The molecule has 0 radical (unpaired) electrons. The van der Waals surface area contributed by atoms with Crippen LogP contribution >= 0.6 is 11.3 Å². The van der Waals surface area contributed by atoms with Crippen LogP contribution in [0.1, 0.15) is 24.3 Å². The number of benzene rings is 1. The minimum absolute atomic E-state index is 0.00857. The molecule has 1 aliphatic rings. The van der Waals surface area contributed by atoms with Gasteiger partial charge in [0, 0.05) is 48.2 Å². The van der Waals surface area contributed by atoms with Crippen molar-refractivity contribution in [2.75, 3.05) is 25.1 Å². The number of anilines is 1. The zero-order valence-electron chi connectivity index (χ0n) is 13.9. The van der Waals surface area contributed by atoms with Gasteiger partial charge in [-0.2, -0.15) is 0 Å². The number of nitrogens with one attached hydrogen (secondary N) is 3. The predicted molar refractivity (Wildman–Crippen MR) is 101 cm³/mol. The molecule has 3 aromatic rings. The first-order valence-electron chi connectivity index (χ1n) is 8.52. The summed E-state index contributed by atoms with van der Waals surface area (Å²) in [7, 11) is 0. The Morgan fingerprint density at radius 3 is 3.20 bits per heavy atom. The van der Waals surface area contributed by atoms with E-state index in [0.29, 0.717) is 17.5 Å². The Labute approximate surface area is 150 Å². The second-order valence-corrected chi connectivity index (χ2v) is 7.23. The molecule has 1 atom stereocenters. The first-order valence-corrected chi connectivity index (χ1v) is 9.40. The maximum atomic E-state index is 12.0. The maximum absolute atomic E-state index is 12.0. The minimum Gasteiger partial charge on any atom is -0.361 e. The normalized spacial score (nSPS) is 17.8. The summed E-state index contributed by atoms with van der Waals surface area (Å²) in [5, 5.41) is 3.89. The van der Waals surface area contributed by atoms with Gasteiger partial charge in [0.1, 0.15) is 0 Å². The summed E-state index contributed by atoms with van der Waals surface area (Å²) in [6.07, 6.45) is 5.47. The molecule has 0 spiro atoms. The van der Waals surface area contributed by atoms with Crippen molar-refractivity contribution < 1.29 is 4.79 Å². The summed E-state index contributed by atoms with van der Waals surface area (Å²) in [4.78, 5) is 21.8. The summed E-state index contributed by atoms with van der Waals surface area (Å²) in [5.41, 5.74) is 8.13. The van der Waals surface area contributed by atoms with Crippen LogP contribution in [0.15, 0.2) is 42.0 Å². The van der Waals surface area contributed by atoms with Crippen molar-refractivity contribution in [3.63, 3.8) is 0 Å². The Balaban J connectivity index is 1.27. The van der Waals surface area contributed by atoms with Crippen LogP contribution in [0, 0.1) is 0 Å². The number of likely N-dealkylation sites (tertiary alicyclic amines) is 1. The fraction of sp³-hybridized carbons (Fsp3) is 0.333. The molecule has 4 rings (SSSR count). The summed E-state index contributed by atoms with van der Waals surface area (Å²) < 4.78 is 0. The second kappa shape index (κ2) is 7.25. The summed E-state index contributed by atoms with van der Waals surface area (Å²) in [6, 6.07) is 8.45. The van der Waals surface area contributed by atoms with E-state index in [9.17, 15) is 4.79 Å². The van der Waals surface area contributed by atoms with Crippen LogP contribution in [-0.4, -0.2) is 40.4 Å². The molecule has 3 heterocycles. The summed E-state index contributed by atoms with van der Waals surface area (Å²) in [6.45, 7) is 2.83. The van der Waals surface area contributed by atoms with E-state index in [1.165, 1.54) is 27.8 Å². The quantitative estimate of drug-likeness (QED) is 0.595. The monoisotopic (exact) mass is 355 g/mol. The van der Waals surface area contributed by atoms with E-state index < -0.39 is 0 Å². The largest absolute Gasteiger partial charge is 0.361 e. The third-order valence-electron chi connectivity index (χ3n) is 4.73. The van der Waals surface area contributed by atoms with E-state index in [1.807, 2.05) is 5.38 Å². The van der Waals surface area contributed by atoms with Crippen LogP contribution in [0.3, 0.4) is 0 Å². The highest BCUT2D eigenvalue weighted by Crippen LogP contribution is 2.32. The van der Waals surface area contributed by atoms with Crippen LogP contribution in [0.5, 0.6) is 0 Å². The number of aromatic nitrogens is 2. The number of carbonyl (C=O) groups is 1. The number of carbonyl (C=O) groups excluding carboxylic acids is 1. The number of nitrogens with zero attached hydrogens (tertiary/aromatic N) is 2. The molecule has 1 aliphatic heterocycles. The molecular weight excluding hydrogens is 334 g/mol. The molecule has 1 aromatic carbocycles. The van der Waals surface area contributed by atoms with Gasteiger partial charge in [0.15, 0.2) is 0 Å². The van der Waals surface area contributed by atoms with E-state index in [0.717, 1.165) is 26.1 Å². The van der Waals surface area contributed by atoms with Gasteiger partial charge in [0.2, 0.25) is 11.0 Å². The van der Waals surface area contributed by atoms with E-state index in [1.54, 1.807) is 6.20 Å². The average Bonchev–Trinajstić information content (AvgIpc) is 3.37. The van der Waals surface area contributed by atoms with Gasteiger partial charge in [-0.1, -0.05) is 18.2 Å². The molecule has 130 valence electrons. The van der Waals surface area contributed by atoms with Crippen LogP contribution < -0.4 is 10.9 Å². The van der Waals surface area contributed by atoms with Crippen LogP contribution in [0.2, 0.25) is 0 Å². The van der Waals surface area contributed by atoms with E-state index in [-0.39, 0.29) is 5.91 Å². The number of rotatable bonds is 6. The molecular formula is C18H21N5OS. The number of H-pyrrole nitrogens is 1. The van der Waals surface area contributed by atoms with Crippen molar-refractivity contribution in [3.05, 3.63) is 47.6 Å². The molecule has 3 N–H and O–H groups in total. The van der Waals surface area contributed by atoms with Gasteiger partial charge in [-0.15, -0.1) is 11.3 Å². The Morgan fingerprint density at radius 1 is 1.40 bits per heavy atom. The van der Waals surface area contributed by atoms with Crippen molar-refractivity contribution in [2.24, 2.45) is 0 Å². The molecule has 25 heavy (non-hydrogen) atoms. The van der Waals surface area contributed by atoms with E-state index in [4.69, 9.17) is 0 Å². The predicted octanol–water partition coefficient (Wildman–Crippen LogP) is 2.95. The minimum atomic E-state index is -0.00857. The number of amides is 1. The smallest absolute Gasteiger partial charge is 0.239 e. The number of fused-ring (bicyclic) bond motifs is 1. The fourth-order valence-corrected chi connectivity index (χ4v) is 3.93. The number of hydrogen-bond acceptors (Lipinski definition) is 5. The highest BCUT2D eigenvalue weighted by molar-refractivity contribution is 7.13. The molecule has 1 fully saturated rings. The number of hydrazine groups is 1. The molecule has 0 aliphatic carbocycles. The zero-order valence-corrected chi connectivity index (χ0v) is 14.7. The third-order valence-corrected chi connectivity index (χ3v) is 5.42. The van der Waals surface area contributed by atoms with Gasteiger partial charge in [0.25, 0.3) is 0 Å². The highest BCUT2D eigenvalue weighted by atomic mass is 32.1. The van der Waals surface area contributed by atoms with Crippen LogP contribution in [0.25, 0.3) is 10.9 Å². The van der Waals surface area contributed by atoms with Gasteiger partial charge < -0.3 is 9.88 Å². The van der Waals surface area contributed by atoms with Crippen molar-refractivity contribution in [1.29, 1.82) is 0 Å². The van der Waals surface area contributed by atoms with Gasteiger partial charge in [0.05, 0.1) is 0 Å². The molecule has 6 nitrogen and oxygen atoms in total. The zero-order chi connectivity index (χ0) is 17.1. The summed E-state index contributed by atoms with van der Waals surface area (Å²) >= 11 is 1.46.